The lowest BCUT2D eigenvalue weighted by atomic mass is 9.86. The fraction of sp³-hybridized carbons (Fsp3) is 0.471. The molecule has 0 spiro atoms. The standard InChI is InChI=1S/C17H23N3O/c21-13-15-2-6-16(7-3-15)18-12-14-4-8-17(9-5-14)20-11-1-10-19-20/h1,4-5,8-11,15-16,18,21H,2-3,6-7,12-13H2. The van der Waals surface area contributed by atoms with Crippen LogP contribution in [0.15, 0.2) is 42.7 Å². The van der Waals surface area contributed by atoms with E-state index >= 15 is 0 Å². The van der Waals surface area contributed by atoms with Gasteiger partial charge in [-0.3, -0.25) is 0 Å². The molecular formula is C17H23N3O. The van der Waals surface area contributed by atoms with Crippen molar-refractivity contribution in [3.63, 3.8) is 0 Å². The molecule has 1 aliphatic carbocycles. The average Bonchev–Trinajstić information content (AvgIpc) is 3.08. The van der Waals surface area contributed by atoms with Gasteiger partial charge < -0.3 is 10.4 Å². The predicted octanol–water partition coefficient (Wildman–Crippen LogP) is 2.51. The van der Waals surface area contributed by atoms with Crippen LogP contribution in [0.5, 0.6) is 0 Å². The average molecular weight is 285 g/mol. The minimum Gasteiger partial charge on any atom is -0.396 e. The highest BCUT2D eigenvalue weighted by molar-refractivity contribution is 5.33. The van der Waals surface area contributed by atoms with Crippen LogP contribution in [0.25, 0.3) is 5.69 Å². The molecule has 0 unspecified atom stereocenters. The van der Waals surface area contributed by atoms with Crippen molar-refractivity contribution in [1.82, 2.24) is 15.1 Å². The summed E-state index contributed by atoms with van der Waals surface area (Å²) < 4.78 is 1.87. The maximum atomic E-state index is 9.16. The molecule has 4 heteroatoms. The molecule has 1 saturated carbocycles. The van der Waals surface area contributed by atoms with Crippen LogP contribution in [0, 0.1) is 5.92 Å². The van der Waals surface area contributed by atoms with Crippen LogP contribution >= 0.6 is 0 Å². The third kappa shape index (κ3) is 3.71. The van der Waals surface area contributed by atoms with Gasteiger partial charge in [0, 0.05) is 31.6 Å². The lowest BCUT2D eigenvalue weighted by Crippen LogP contribution is -2.33. The van der Waals surface area contributed by atoms with Gasteiger partial charge in [0.05, 0.1) is 5.69 Å². The molecule has 0 atom stereocenters. The van der Waals surface area contributed by atoms with E-state index in [0.717, 1.165) is 25.1 Å². The number of hydrogen-bond donors (Lipinski definition) is 2. The number of aliphatic hydroxyl groups is 1. The number of aromatic nitrogens is 2. The predicted molar refractivity (Wildman–Crippen MR) is 83.2 cm³/mol. The Bertz CT molecular complexity index is 528. The SMILES string of the molecule is OCC1CCC(NCc2ccc(-n3cccn3)cc2)CC1. The zero-order valence-electron chi connectivity index (χ0n) is 12.3. The first-order valence-corrected chi connectivity index (χ1v) is 7.78. The number of nitrogens with zero attached hydrogens (tertiary/aromatic N) is 2. The Balaban J connectivity index is 1.50. The zero-order chi connectivity index (χ0) is 14.5. The smallest absolute Gasteiger partial charge is 0.0645 e. The molecule has 0 aliphatic heterocycles. The van der Waals surface area contributed by atoms with E-state index < -0.39 is 0 Å². The second-order valence-corrected chi connectivity index (χ2v) is 5.90. The van der Waals surface area contributed by atoms with E-state index in [1.165, 1.54) is 18.4 Å². The van der Waals surface area contributed by atoms with Crippen molar-refractivity contribution in [2.45, 2.75) is 38.3 Å². The van der Waals surface area contributed by atoms with Gasteiger partial charge >= 0.3 is 0 Å². The molecule has 0 radical (unpaired) electrons. The Hall–Kier alpha value is -1.65. The molecule has 1 fully saturated rings. The topological polar surface area (TPSA) is 50.1 Å². The molecule has 0 amide bonds. The Morgan fingerprint density at radius 1 is 1.14 bits per heavy atom. The van der Waals surface area contributed by atoms with Crippen molar-refractivity contribution < 1.29 is 5.11 Å². The minimum atomic E-state index is 0.349. The van der Waals surface area contributed by atoms with Gasteiger partial charge in [0.2, 0.25) is 0 Å². The minimum absolute atomic E-state index is 0.349. The van der Waals surface area contributed by atoms with Crippen LogP contribution in [0.1, 0.15) is 31.2 Å². The Morgan fingerprint density at radius 3 is 2.52 bits per heavy atom. The normalized spacial score (nSPS) is 22.3. The summed E-state index contributed by atoms with van der Waals surface area (Å²) in [7, 11) is 0. The maximum Gasteiger partial charge on any atom is 0.0645 e. The molecule has 0 bridgehead atoms. The fourth-order valence-corrected chi connectivity index (χ4v) is 3.00. The highest BCUT2D eigenvalue weighted by Gasteiger charge is 2.19. The van der Waals surface area contributed by atoms with Crippen molar-refractivity contribution in [1.29, 1.82) is 0 Å². The van der Waals surface area contributed by atoms with E-state index in [4.69, 9.17) is 5.11 Å². The number of aliphatic hydroxyl groups excluding tert-OH is 1. The van der Waals surface area contributed by atoms with E-state index in [2.05, 4.69) is 34.7 Å². The fourth-order valence-electron chi connectivity index (χ4n) is 3.00. The molecular weight excluding hydrogens is 262 g/mol. The van der Waals surface area contributed by atoms with Crippen LogP contribution in [0.2, 0.25) is 0 Å². The van der Waals surface area contributed by atoms with Crippen LogP contribution in [-0.4, -0.2) is 27.5 Å². The van der Waals surface area contributed by atoms with E-state index in [0.29, 0.717) is 18.6 Å². The van der Waals surface area contributed by atoms with Crippen LogP contribution in [-0.2, 0) is 6.54 Å². The highest BCUT2D eigenvalue weighted by Crippen LogP contribution is 2.23. The highest BCUT2D eigenvalue weighted by atomic mass is 16.3. The van der Waals surface area contributed by atoms with Crippen LogP contribution in [0.4, 0.5) is 0 Å². The summed E-state index contributed by atoms with van der Waals surface area (Å²) >= 11 is 0. The van der Waals surface area contributed by atoms with Crippen LogP contribution in [0.3, 0.4) is 0 Å². The first kappa shape index (κ1) is 14.3. The second kappa shape index (κ2) is 6.87. The summed E-state index contributed by atoms with van der Waals surface area (Å²) in [6.07, 6.45) is 8.39. The van der Waals surface area contributed by atoms with Gasteiger partial charge in [-0.1, -0.05) is 12.1 Å². The Labute approximate surface area is 125 Å². The number of rotatable bonds is 5. The summed E-state index contributed by atoms with van der Waals surface area (Å²) in [5.41, 5.74) is 2.39. The second-order valence-electron chi connectivity index (χ2n) is 5.90. The zero-order valence-corrected chi connectivity index (χ0v) is 12.3. The van der Waals surface area contributed by atoms with Gasteiger partial charge in [0.25, 0.3) is 0 Å². The van der Waals surface area contributed by atoms with E-state index in [-0.39, 0.29) is 0 Å². The molecule has 0 saturated heterocycles. The summed E-state index contributed by atoms with van der Waals surface area (Å²) in [5.74, 6) is 0.524. The first-order chi connectivity index (χ1) is 10.3. The number of benzene rings is 1. The third-order valence-electron chi connectivity index (χ3n) is 4.41. The van der Waals surface area contributed by atoms with Crippen molar-refractivity contribution in [2.24, 2.45) is 5.92 Å². The third-order valence-corrected chi connectivity index (χ3v) is 4.41. The quantitative estimate of drug-likeness (QED) is 0.887. The molecule has 4 nitrogen and oxygen atoms in total. The van der Waals surface area contributed by atoms with Gasteiger partial charge in [-0.15, -0.1) is 0 Å². The van der Waals surface area contributed by atoms with Crippen molar-refractivity contribution >= 4 is 0 Å². The molecule has 2 aromatic rings. The van der Waals surface area contributed by atoms with Crippen molar-refractivity contribution in [2.75, 3.05) is 6.61 Å². The summed E-state index contributed by atoms with van der Waals surface area (Å²) in [4.78, 5) is 0. The molecule has 3 rings (SSSR count). The van der Waals surface area contributed by atoms with Crippen molar-refractivity contribution in [3.8, 4) is 5.69 Å². The molecule has 21 heavy (non-hydrogen) atoms. The van der Waals surface area contributed by atoms with Gasteiger partial charge in [0.15, 0.2) is 0 Å². The lowest BCUT2D eigenvalue weighted by molar-refractivity contribution is 0.175. The molecule has 1 aromatic heterocycles. The lowest BCUT2D eigenvalue weighted by Gasteiger charge is -2.28. The number of nitrogens with one attached hydrogen (secondary N) is 1. The number of hydrogen-bond acceptors (Lipinski definition) is 3. The van der Waals surface area contributed by atoms with Gasteiger partial charge in [-0.05, 0) is 55.4 Å². The largest absolute Gasteiger partial charge is 0.396 e. The van der Waals surface area contributed by atoms with Crippen LogP contribution < -0.4 is 5.32 Å². The maximum absolute atomic E-state index is 9.16. The van der Waals surface area contributed by atoms with Gasteiger partial charge in [-0.2, -0.15) is 5.10 Å². The monoisotopic (exact) mass is 285 g/mol. The first-order valence-electron chi connectivity index (χ1n) is 7.78. The molecule has 2 N–H and O–H groups in total. The van der Waals surface area contributed by atoms with Crippen molar-refractivity contribution in [3.05, 3.63) is 48.3 Å². The molecule has 1 aromatic carbocycles. The Morgan fingerprint density at radius 2 is 1.90 bits per heavy atom. The van der Waals surface area contributed by atoms with E-state index in [1.807, 2.05) is 16.9 Å². The molecule has 112 valence electrons. The Kier molecular flexibility index (Phi) is 4.68. The summed E-state index contributed by atoms with van der Waals surface area (Å²) in [5, 5.41) is 17.0. The molecule has 1 heterocycles. The summed E-state index contributed by atoms with van der Waals surface area (Å²) in [6.45, 7) is 1.26. The van der Waals surface area contributed by atoms with E-state index in [9.17, 15) is 0 Å². The van der Waals surface area contributed by atoms with Gasteiger partial charge in [-0.25, -0.2) is 4.68 Å². The van der Waals surface area contributed by atoms with E-state index in [1.54, 1.807) is 6.20 Å². The summed E-state index contributed by atoms with van der Waals surface area (Å²) in [6, 6.07) is 11.0. The molecule has 1 aliphatic rings. The van der Waals surface area contributed by atoms with Gasteiger partial charge in [0.1, 0.15) is 0 Å².